The Morgan fingerprint density at radius 1 is 0.818 bits per heavy atom. The molecule has 0 atom stereocenters. The maximum atomic E-state index is 4.42. The molecular formula is C15H31N7. The molecule has 0 amide bonds. The van der Waals surface area contributed by atoms with Crippen LogP contribution in [0.3, 0.4) is 0 Å². The monoisotopic (exact) mass is 309 g/mol. The zero-order valence-corrected chi connectivity index (χ0v) is 14.4. The number of nitrogens with zero attached hydrogens (tertiary/aromatic N) is 4. The summed E-state index contributed by atoms with van der Waals surface area (Å²) >= 11 is 0. The van der Waals surface area contributed by atoms with Crippen molar-refractivity contribution in [1.29, 1.82) is 0 Å². The Morgan fingerprint density at radius 2 is 1.41 bits per heavy atom. The Bertz CT molecular complexity index is 409. The highest BCUT2D eigenvalue weighted by Gasteiger charge is 2.05. The van der Waals surface area contributed by atoms with Crippen molar-refractivity contribution >= 4 is 17.8 Å². The first-order valence-electron chi connectivity index (χ1n) is 8.22. The number of hydrogen-bond acceptors (Lipinski definition) is 7. The lowest BCUT2D eigenvalue weighted by Crippen LogP contribution is -2.18. The van der Waals surface area contributed by atoms with Gasteiger partial charge in [0, 0.05) is 20.1 Å². The summed E-state index contributed by atoms with van der Waals surface area (Å²) in [6, 6.07) is 0. The van der Waals surface area contributed by atoms with Crippen molar-refractivity contribution in [3.63, 3.8) is 0 Å². The minimum Gasteiger partial charge on any atom is -0.357 e. The molecule has 7 heteroatoms. The molecule has 7 nitrogen and oxygen atoms in total. The molecule has 0 unspecified atom stereocenters. The molecule has 0 aliphatic rings. The largest absolute Gasteiger partial charge is 0.357 e. The first-order valence-corrected chi connectivity index (χ1v) is 8.22. The Labute approximate surface area is 134 Å². The Kier molecular flexibility index (Phi) is 9.21. The quantitative estimate of drug-likeness (QED) is 0.511. The van der Waals surface area contributed by atoms with E-state index in [1.807, 2.05) is 7.05 Å². The highest BCUT2D eigenvalue weighted by molar-refractivity contribution is 5.41. The maximum Gasteiger partial charge on any atom is 0.229 e. The van der Waals surface area contributed by atoms with Crippen molar-refractivity contribution in [3.8, 4) is 0 Å². The van der Waals surface area contributed by atoms with Gasteiger partial charge in [0.2, 0.25) is 17.8 Å². The van der Waals surface area contributed by atoms with Crippen LogP contribution < -0.4 is 16.0 Å². The van der Waals surface area contributed by atoms with Crippen LogP contribution in [0.2, 0.25) is 0 Å². The van der Waals surface area contributed by atoms with E-state index in [-0.39, 0.29) is 0 Å². The molecule has 1 heterocycles. The van der Waals surface area contributed by atoms with E-state index in [0.717, 1.165) is 32.5 Å². The van der Waals surface area contributed by atoms with Crippen molar-refractivity contribution in [2.75, 3.05) is 56.7 Å². The summed E-state index contributed by atoms with van der Waals surface area (Å²) in [7, 11) is 5.96. The molecule has 0 aliphatic heterocycles. The predicted octanol–water partition coefficient (Wildman–Crippen LogP) is 2.27. The molecule has 1 aromatic heterocycles. The lowest BCUT2D eigenvalue weighted by Gasteiger charge is -2.11. The summed E-state index contributed by atoms with van der Waals surface area (Å²) in [6.45, 7) is 5.00. The van der Waals surface area contributed by atoms with Gasteiger partial charge in [-0.05, 0) is 33.5 Å². The van der Waals surface area contributed by atoms with E-state index in [1.165, 1.54) is 19.3 Å². The lowest BCUT2D eigenvalue weighted by molar-refractivity contribution is 0.405. The van der Waals surface area contributed by atoms with E-state index in [4.69, 9.17) is 0 Å². The predicted molar refractivity (Wildman–Crippen MR) is 93.7 cm³/mol. The summed E-state index contributed by atoms with van der Waals surface area (Å²) in [5.41, 5.74) is 0. The van der Waals surface area contributed by atoms with Gasteiger partial charge in [0.1, 0.15) is 0 Å². The van der Waals surface area contributed by atoms with Gasteiger partial charge < -0.3 is 20.9 Å². The minimum absolute atomic E-state index is 0.584. The fourth-order valence-corrected chi connectivity index (χ4v) is 1.99. The van der Waals surface area contributed by atoms with Crippen molar-refractivity contribution in [2.24, 2.45) is 0 Å². The summed E-state index contributed by atoms with van der Waals surface area (Å²) in [6.07, 6.45) is 5.95. The SMILES string of the molecule is CCCCCCNc1nc(NC)nc(NCCCN(C)C)n1. The van der Waals surface area contributed by atoms with Crippen LogP contribution in [0.1, 0.15) is 39.0 Å². The van der Waals surface area contributed by atoms with Gasteiger partial charge in [0.25, 0.3) is 0 Å². The number of nitrogens with one attached hydrogen (secondary N) is 3. The molecule has 3 N–H and O–H groups in total. The molecule has 126 valence electrons. The smallest absolute Gasteiger partial charge is 0.229 e. The molecule has 0 radical (unpaired) electrons. The number of hydrogen-bond donors (Lipinski definition) is 3. The van der Waals surface area contributed by atoms with Gasteiger partial charge >= 0.3 is 0 Å². The van der Waals surface area contributed by atoms with Crippen LogP contribution in [-0.2, 0) is 0 Å². The number of aromatic nitrogens is 3. The first kappa shape index (κ1) is 18.4. The van der Waals surface area contributed by atoms with E-state index in [9.17, 15) is 0 Å². The Hall–Kier alpha value is -1.63. The van der Waals surface area contributed by atoms with Crippen molar-refractivity contribution in [3.05, 3.63) is 0 Å². The molecule has 0 aliphatic carbocycles. The normalized spacial score (nSPS) is 10.8. The molecule has 0 fully saturated rings. The highest BCUT2D eigenvalue weighted by Crippen LogP contribution is 2.09. The fraction of sp³-hybridized carbons (Fsp3) is 0.800. The van der Waals surface area contributed by atoms with Gasteiger partial charge in [-0.25, -0.2) is 0 Å². The van der Waals surface area contributed by atoms with Crippen LogP contribution in [0, 0.1) is 0 Å². The Morgan fingerprint density at radius 3 is 1.95 bits per heavy atom. The van der Waals surface area contributed by atoms with Crippen LogP contribution >= 0.6 is 0 Å². The fourth-order valence-electron chi connectivity index (χ4n) is 1.99. The molecule has 22 heavy (non-hydrogen) atoms. The third kappa shape index (κ3) is 7.97. The van der Waals surface area contributed by atoms with Crippen LogP contribution in [-0.4, -0.2) is 60.6 Å². The van der Waals surface area contributed by atoms with Gasteiger partial charge in [0.05, 0.1) is 0 Å². The second kappa shape index (κ2) is 11.0. The van der Waals surface area contributed by atoms with E-state index >= 15 is 0 Å². The van der Waals surface area contributed by atoms with Gasteiger partial charge in [-0.2, -0.15) is 15.0 Å². The molecule has 0 saturated carbocycles. The van der Waals surface area contributed by atoms with Crippen LogP contribution in [0.4, 0.5) is 17.8 Å². The van der Waals surface area contributed by atoms with Crippen LogP contribution in [0.25, 0.3) is 0 Å². The van der Waals surface area contributed by atoms with Gasteiger partial charge in [-0.1, -0.05) is 26.2 Å². The highest BCUT2D eigenvalue weighted by atomic mass is 15.3. The van der Waals surface area contributed by atoms with E-state index in [1.54, 1.807) is 0 Å². The van der Waals surface area contributed by atoms with E-state index in [2.05, 4.69) is 56.8 Å². The second-order valence-electron chi connectivity index (χ2n) is 5.63. The van der Waals surface area contributed by atoms with Gasteiger partial charge in [-0.15, -0.1) is 0 Å². The summed E-state index contributed by atoms with van der Waals surface area (Å²) in [4.78, 5) is 15.2. The zero-order valence-electron chi connectivity index (χ0n) is 14.4. The second-order valence-corrected chi connectivity index (χ2v) is 5.63. The van der Waals surface area contributed by atoms with Crippen LogP contribution in [0.5, 0.6) is 0 Å². The number of anilines is 3. The maximum absolute atomic E-state index is 4.42. The lowest BCUT2D eigenvalue weighted by atomic mass is 10.2. The zero-order chi connectivity index (χ0) is 16.2. The van der Waals surface area contributed by atoms with Crippen molar-refractivity contribution in [1.82, 2.24) is 19.9 Å². The number of rotatable bonds is 12. The first-order chi connectivity index (χ1) is 10.7. The summed E-state index contributed by atoms with van der Waals surface area (Å²) in [5, 5.41) is 9.51. The third-order valence-corrected chi connectivity index (χ3v) is 3.24. The van der Waals surface area contributed by atoms with E-state index < -0.39 is 0 Å². The Balaban J connectivity index is 2.45. The molecule has 0 bridgehead atoms. The summed E-state index contributed by atoms with van der Waals surface area (Å²) in [5.74, 6) is 1.83. The molecular weight excluding hydrogens is 278 g/mol. The summed E-state index contributed by atoms with van der Waals surface area (Å²) < 4.78 is 0. The van der Waals surface area contributed by atoms with Gasteiger partial charge in [-0.3, -0.25) is 0 Å². The average Bonchev–Trinajstić information content (AvgIpc) is 2.51. The number of unbranched alkanes of at least 4 members (excludes halogenated alkanes) is 3. The molecule has 0 saturated heterocycles. The minimum atomic E-state index is 0.584. The molecule has 0 spiro atoms. The molecule has 1 aromatic rings. The average molecular weight is 309 g/mol. The molecule has 1 rings (SSSR count). The van der Waals surface area contributed by atoms with Crippen LogP contribution in [0.15, 0.2) is 0 Å². The van der Waals surface area contributed by atoms with E-state index in [0.29, 0.717) is 17.8 Å². The standard InChI is InChI=1S/C15H31N7/c1-5-6-7-8-10-17-14-19-13(16-2)20-15(21-14)18-11-9-12-22(3)4/h5-12H2,1-4H3,(H3,16,17,18,19,20,21). The topological polar surface area (TPSA) is 78.0 Å². The van der Waals surface area contributed by atoms with Crippen molar-refractivity contribution in [2.45, 2.75) is 39.0 Å². The molecule has 0 aromatic carbocycles. The van der Waals surface area contributed by atoms with Crippen molar-refractivity contribution < 1.29 is 0 Å². The van der Waals surface area contributed by atoms with Gasteiger partial charge in [0.15, 0.2) is 0 Å². The third-order valence-electron chi connectivity index (χ3n) is 3.24.